The Balaban J connectivity index is 1.74. The van der Waals surface area contributed by atoms with Gasteiger partial charge in [-0.05, 0) is 37.0 Å². The van der Waals surface area contributed by atoms with Gasteiger partial charge in [0.2, 0.25) is 0 Å². The maximum atomic E-state index is 12.4. The second-order valence-electron chi connectivity index (χ2n) is 5.83. The smallest absolute Gasteiger partial charge is 0.335 e. The SMILES string of the molecule is O=C(O)c1ccc2c(c1)N(C(=O)NC1CCCCC1)CC2. The zero-order chi connectivity index (χ0) is 14.8. The van der Waals surface area contributed by atoms with E-state index in [1.54, 1.807) is 17.0 Å². The molecule has 1 fully saturated rings. The van der Waals surface area contributed by atoms with Crippen molar-refractivity contribution in [1.82, 2.24) is 5.32 Å². The van der Waals surface area contributed by atoms with Gasteiger partial charge in [0.25, 0.3) is 0 Å². The molecule has 2 aliphatic rings. The van der Waals surface area contributed by atoms with Gasteiger partial charge in [-0.1, -0.05) is 25.3 Å². The molecule has 1 saturated carbocycles. The third kappa shape index (κ3) is 2.86. The average Bonchev–Trinajstić information content (AvgIpc) is 2.91. The molecule has 1 heterocycles. The number of carbonyl (C=O) groups excluding carboxylic acids is 1. The first kappa shape index (κ1) is 13.9. The normalized spacial score (nSPS) is 18.4. The van der Waals surface area contributed by atoms with Crippen molar-refractivity contribution >= 4 is 17.7 Å². The highest BCUT2D eigenvalue weighted by atomic mass is 16.4. The lowest BCUT2D eigenvalue weighted by Crippen LogP contribution is -2.45. The van der Waals surface area contributed by atoms with Gasteiger partial charge < -0.3 is 10.4 Å². The van der Waals surface area contributed by atoms with Crippen LogP contribution in [-0.4, -0.2) is 29.7 Å². The number of urea groups is 1. The van der Waals surface area contributed by atoms with Crippen molar-refractivity contribution in [3.05, 3.63) is 29.3 Å². The molecule has 1 aliphatic carbocycles. The lowest BCUT2D eigenvalue weighted by Gasteiger charge is -2.26. The number of amides is 2. The van der Waals surface area contributed by atoms with E-state index in [1.807, 2.05) is 6.07 Å². The van der Waals surface area contributed by atoms with E-state index in [1.165, 1.54) is 19.3 Å². The predicted molar refractivity (Wildman–Crippen MR) is 79.9 cm³/mol. The molecule has 0 atom stereocenters. The summed E-state index contributed by atoms with van der Waals surface area (Å²) in [5.74, 6) is -0.961. The second-order valence-corrected chi connectivity index (χ2v) is 5.83. The Morgan fingerprint density at radius 3 is 2.67 bits per heavy atom. The van der Waals surface area contributed by atoms with Crippen LogP contribution in [0.4, 0.5) is 10.5 Å². The average molecular weight is 288 g/mol. The predicted octanol–water partition coefficient (Wildman–Crippen LogP) is 2.79. The number of rotatable bonds is 2. The van der Waals surface area contributed by atoms with E-state index in [2.05, 4.69) is 5.32 Å². The van der Waals surface area contributed by atoms with Gasteiger partial charge in [0, 0.05) is 18.3 Å². The Morgan fingerprint density at radius 1 is 1.19 bits per heavy atom. The molecule has 0 radical (unpaired) electrons. The number of hydrogen-bond donors (Lipinski definition) is 2. The van der Waals surface area contributed by atoms with Crippen molar-refractivity contribution in [2.24, 2.45) is 0 Å². The fraction of sp³-hybridized carbons (Fsp3) is 0.500. The van der Waals surface area contributed by atoms with Gasteiger partial charge in [-0.15, -0.1) is 0 Å². The molecule has 0 bridgehead atoms. The molecule has 5 nitrogen and oxygen atoms in total. The van der Waals surface area contributed by atoms with Crippen molar-refractivity contribution in [3.63, 3.8) is 0 Å². The lowest BCUT2D eigenvalue weighted by molar-refractivity contribution is 0.0697. The number of anilines is 1. The fourth-order valence-electron chi connectivity index (χ4n) is 3.22. The molecule has 1 aliphatic heterocycles. The zero-order valence-corrected chi connectivity index (χ0v) is 12.0. The number of nitrogens with zero attached hydrogens (tertiary/aromatic N) is 1. The van der Waals surface area contributed by atoms with Crippen LogP contribution in [0.25, 0.3) is 0 Å². The number of carbonyl (C=O) groups is 2. The molecule has 0 aromatic heterocycles. The Labute approximate surface area is 123 Å². The van der Waals surface area contributed by atoms with E-state index in [0.29, 0.717) is 6.54 Å². The summed E-state index contributed by atoms with van der Waals surface area (Å²) in [6.45, 7) is 0.622. The summed E-state index contributed by atoms with van der Waals surface area (Å²) in [5.41, 5.74) is 2.01. The molecule has 2 N–H and O–H groups in total. The van der Waals surface area contributed by atoms with E-state index >= 15 is 0 Å². The van der Waals surface area contributed by atoms with Crippen molar-refractivity contribution < 1.29 is 14.7 Å². The minimum absolute atomic E-state index is 0.0943. The Hall–Kier alpha value is -2.04. The van der Waals surface area contributed by atoms with Crippen LogP contribution in [0.15, 0.2) is 18.2 Å². The minimum atomic E-state index is -0.961. The number of aromatic carboxylic acids is 1. The van der Waals surface area contributed by atoms with Crippen molar-refractivity contribution in [3.8, 4) is 0 Å². The van der Waals surface area contributed by atoms with Crippen molar-refractivity contribution in [2.75, 3.05) is 11.4 Å². The zero-order valence-electron chi connectivity index (χ0n) is 12.0. The Kier molecular flexibility index (Phi) is 3.82. The highest BCUT2D eigenvalue weighted by Gasteiger charge is 2.27. The molecule has 0 saturated heterocycles. The topological polar surface area (TPSA) is 69.6 Å². The van der Waals surface area contributed by atoms with Gasteiger partial charge in [-0.3, -0.25) is 4.90 Å². The first-order valence-electron chi connectivity index (χ1n) is 7.59. The molecular weight excluding hydrogens is 268 g/mol. The van der Waals surface area contributed by atoms with Gasteiger partial charge in [0.1, 0.15) is 0 Å². The lowest BCUT2D eigenvalue weighted by atomic mass is 9.96. The monoisotopic (exact) mass is 288 g/mol. The number of nitrogens with one attached hydrogen (secondary N) is 1. The summed E-state index contributed by atoms with van der Waals surface area (Å²) in [7, 11) is 0. The van der Waals surface area contributed by atoms with Crippen molar-refractivity contribution in [2.45, 2.75) is 44.6 Å². The summed E-state index contributed by atoms with van der Waals surface area (Å²) in [6.07, 6.45) is 6.47. The second kappa shape index (κ2) is 5.76. The third-order valence-electron chi connectivity index (χ3n) is 4.41. The van der Waals surface area contributed by atoms with Crippen LogP contribution in [0.2, 0.25) is 0 Å². The highest BCUT2D eigenvalue weighted by Crippen LogP contribution is 2.29. The summed E-state index contributed by atoms with van der Waals surface area (Å²) in [4.78, 5) is 25.2. The van der Waals surface area contributed by atoms with E-state index in [-0.39, 0.29) is 17.6 Å². The van der Waals surface area contributed by atoms with E-state index in [4.69, 9.17) is 5.11 Å². The number of fused-ring (bicyclic) bond motifs is 1. The van der Waals surface area contributed by atoms with E-state index < -0.39 is 5.97 Å². The molecule has 5 heteroatoms. The first-order chi connectivity index (χ1) is 10.1. The van der Waals surface area contributed by atoms with Crippen LogP contribution in [0, 0.1) is 0 Å². The minimum Gasteiger partial charge on any atom is -0.478 e. The highest BCUT2D eigenvalue weighted by molar-refractivity contribution is 5.97. The molecular formula is C16H20N2O3. The van der Waals surface area contributed by atoms with Crippen LogP contribution in [-0.2, 0) is 6.42 Å². The third-order valence-corrected chi connectivity index (χ3v) is 4.41. The van der Waals surface area contributed by atoms with E-state index in [0.717, 1.165) is 30.5 Å². The Bertz CT molecular complexity index is 565. The summed E-state index contributed by atoms with van der Waals surface area (Å²) >= 11 is 0. The summed E-state index contributed by atoms with van der Waals surface area (Å²) < 4.78 is 0. The van der Waals surface area contributed by atoms with Gasteiger partial charge >= 0.3 is 12.0 Å². The number of carboxylic acid groups (broad SMARTS) is 1. The largest absolute Gasteiger partial charge is 0.478 e. The molecule has 1 aromatic carbocycles. The van der Waals surface area contributed by atoms with Gasteiger partial charge in [-0.2, -0.15) is 0 Å². The molecule has 21 heavy (non-hydrogen) atoms. The van der Waals surface area contributed by atoms with E-state index in [9.17, 15) is 9.59 Å². The number of benzene rings is 1. The van der Waals surface area contributed by atoms with Crippen LogP contribution >= 0.6 is 0 Å². The summed E-state index contributed by atoms with van der Waals surface area (Å²) in [6, 6.07) is 5.18. The van der Waals surface area contributed by atoms with Crippen molar-refractivity contribution in [1.29, 1.82) is 0 Å². The number of carboxylic acids is 1. The molecule has 0 unspecified atom stereocenters. The van der Waals surface area contributed by atoms with Crippen LogP contribution in [0.3, 0.4) is 0 Å². The molecule has 1 aromatic rings. The van der Waals surface area contributed by atoms with Crippen LogP contribution in [0.5, 0.6) is 0 Å². The quantitative estimate of drug-likeness (QED) is 0.879. The van der Waals surface area contributed by atoms with Crippen LogP contribution < -0.4 is 10.2 Å². The van der Waals surface area contributed by atoms with Gasteiger partial charge in [0.05, 0.1) is 5.56 Å². The molecule has 112 valence electrons. The first-order valence-corrected chi connectivity index (χ1v) is 7.59. The molecule has 0 spiro atoms. The van der Waals surface area contributed by atoms with Gasteiger partial charge in [0.15, 0.2) is 0 Å². The maximum absolute atomic E-state index is 12.4. The maximum Gasteiger partial charge on any atom is 0.335 e. The summed E-state index contributed by atoms with van der Waals surface area (Å²) in [5, 5.41) is 12.2. The molecule has 2 amide bonds. The van der Waals surface area contributed by atoms with Gasteiger partial charge in [-0.25, -0.2) is 9.59 Å². The molecule has 3 rings (SSSR count). The Morgan fingerprint density at radius 2 is 1.95 bits per heavy atom. The standard InChI is InChI=1S/C16H20N2O3/c19-15(20)12-7-6-11-8-9-18(14(11)10-12)16(21)17-13-4-2-1-3-5-13/h6-7,10,13H,1-5,8-9H2,(H,17,21)(H,19,20). The van der Waals surface area contributed by atoms with Crippen LogP contribution in [0.1, 0.15) is 48.0 Å². The number of hydrogen-bond acceptors (Lipinski definition) is 2. The fourth-order valence-corrected chi connectivity index (χ4v) is 3.22.